The maximum atomic E-state index is 11.5. The van der Waals surface area contributed by atoms with Crippen LogP contribution in [0.2, 0.25) is 0 Å². The number of nitrogens with two attached hydrogens (primary N) is 1. The molecule has 0 unspecified atom stereocenters. The zero-order chi connectivity index (χ0) is 16.6. The Labute approximate surface area is 136 Å². The van der Waals surface area contributed by atoms with Crippen LogP contribution < -0.4 is 14.8 Å². The zero-order valence-corrected chi connectivity index (χ0v) is 14.1. The van der Waals surface area contributed by atoms with Crippen molar-refractivity contribution in [3.8, 4) is 5.75 Å². The van der Waals surface area contributed by atoms with Crippen LogP contribution in [0.5, 0.6) is 5.75 Å². The fourth-order valence-electron chi connectivity index (χ4n) is 3.02. The Kier molecular flexibility index (Phi) is 4.04. The lowest BCUT2D eigenvalue weighted by atomic mass is 10.1. The van der Waals surface area contributed by atoms with Gasteiger partial charge in [-0.3, -0.25) is 0 Å². The molecular formula is C17H20N2O3S. The second kappa shape index (κ2) is 5.86. The highest BCUT2D eigenvalue weighted by Gasteiger charge is 2.22. The summed E-state index contributed by atoms with van der Waals surface area (Å²) in [5, 5.41) is 5.21. The first kappa shape index (κ1) is 15.8. The van der Waals surface area contributed by atoms with E-state index >= 15 is 0 Å². The largest absolute Gasteiger partial charge is 0.496 e. The summed E-state index contributed by atoms with van der Waals surface area (Å²) < 4.78 is 28.4. The zero-order valence-electron chi connectivity index (χ0n) is 13.2. The number of nitrogens with zero attached hydrogens (tertiary/aromatic N) is 1. The highest BCUT2D eigenvalue weighted by molar-refractivity contribution is 7.89. The van der Waals surface area contributed by atoms with Gasteiger partial charge in [0.15, 0.2) is 0 Å². The fraction of sp³-hybridized carbons (Fsp3) is 0.294. The molecule has 0 amide bonds. The molecule has 122 valence electrons. The molecule has 1 heterocycles. The van der Waals surface area contributed by atoms with E-state index in [1.807, 2.05) is 18.2 Å². The summed E-state index contributed by atoms with van der Waals surface area (Å²) in [5.74, 6) is 0.866. The molecule has 23 heavy (non-hydrogen) atoms. The van der Waals surface area contributed by atoms with Gasteiger partial charge in [0.2, 0.25) is 10.0 Å². The summed E-state index contributed by atoms with van der Waals surface area (Å²) in [6.07, 6.45) is 0.812. The molecule has 6 heteroatoms. The predicted molar refractivity (Wildman–Crippen MR) is 90.3 cm³/mol. The Bertz CT molecular complexity index is 847. The number of primary sulfonamides is 1. The minimum atomic E-state index is -3.66. The van der Waals surface area contributed by atoms with Crippen LogP contribution in [0.1, 0.15) is 16.7 Å². The molecule has 0 radical (unpaired) electrons. The third-order valence-electron chi connectivity index (χ3n) is 4.17. The smallest absolute Gasteiger partial charge is 0.238 e. The van der Waals surface area contributed by atoms with Gasteiger partial charge in [0.25, 0.3) is 0 Å². The van der Waals surface area contributed by atoms with Gasteiger partial charge in [-0.05, 0) is 43.2 Å². The van der Waals surface area contributed by atoms with Crippen LogP contribution in [0.15, 0.2) is 41.3 Å². The van der Waals surface area contributed by atoms with Crippen molar-refractivity contribution in [2.75, 3.05) is 18.6 Å². The van der Waals surface area contributed by atoms with E-state index in [2.05, 4.69) is 17.9 Å². The number of hydrogen-bond acceptors (Lipinski definition) is 4. The lowest BCUT2D eigenvalue weighted by Crippen LogP contribution is -2.20. The van der Waals surface area contributed by atoms with Gasteiger partial charge in [-0.1, -0.05) is 17.7 Å². The molecule has 0 saturated heterocycles. The molecule has 0 aromatic heterocycles. The standard InChI is InChI=1S/C17H20N2O3S/c1-12-3-6-17(22-2)14(9-12)11-19-8-7-13-10-15(23(18,20)21)4-5-16(13)19/h3-6,9-10H,7-8,11H2,1-2H3,(H2,18,20,21). The molecule has 0 spiro atoms. The molecule has 2 aromatic rings. The molecule has 1 aliphatic rings. The van der Waals surface area contributed by atoms with Crippen LogP contribution >= 0.6 is 0 Å². The number of anilines is 1. The van der Waals surface area contributed by atoms with Crippen LogP contribution in [0.25, 0.3) is 0 Å². The summed E-state index contributed by atoms with van der Waals surface area (Å²) in [7, 11) is -1.98. The first-order chi connectivity index (χ1) is 10.9. The van der Waals surface area contributed by atoms with E-state index in [1.165, 1.54) is 5.56 Å². The van der Waals surface area contributed by atoms with Crippen molar-refractivity contribution in [3.05, 3.63) is 53.1 Å². The molecule has 0 atom stereocenters. The second-order valence-corrected chi connectivity index (χ2v) is 7.38. The molecule has 0 aliphatic carbocycles. The maximum Gasteiger partial charge on any atom is 0.238 e. The summed E-state index contributed by atoms with van der Waals surface area (Å²) in [6, 6.07) is 11.2. The van der Waals surface area contributed by atoms with Gasteiger partial charge in [0.05, 0.1) is 12.0 Å². The minimum absolute atomic E-state index is 0.172. The lowest BCUT2D eigenvalue weighted by molar-refractivity contribution is 0.409. The first-order valence-electron chi connectivity index (χ1n) is 7.42. The second-order valence-electron chi connectivity index (χ2n) is 5.82. The van der Waals surface area contributed by atoms with Crippen molar-refractivity contribution >= 4 is 15.7 Å². The number of hydrogen-bond donors (Lipinski definition) is 1. The quantitative estimate of drug-likeness (QED) is 0.932. The highest BCUT2D eigenvalue weighted by atomic mass is 32.2. The van der Waals surface area contributed by atoms with Crippen molar-refractivity contribution in [3.63, 3.8) is 0 Å². The van der Waals surface area contributed by atoms with Gasteiger partial charge in [0.1, 0.15) is 5.75 Å². The topological polar surface area (TPSA) is 72.6 Å². The molecule has 3 rings (SSSR count). The van der Waals surface area contributed by atoms with E-state index in [1.54, 1.807) is 19.2 Å². The van der Waals surface area contributed by atoms with Crippen molar-refractivity contribution < 1.29 is 13.2 Å². The van der Waals surface area contributed by atoms with E-state index in [4.69, 9.17) is 9.88 Å². The van der Waals surface area contributed by atoms with Gasteiger partial charge in [-0.2, -0.15) is 0 Å². The Morgan fingerprint density at radius 3 is 2.70 bits per heavy atom. The molecule has 2 aromatic carbocycles. The Hall–Kier alpha value is -2.05. The monoisotopic (exact) mass is 332 g/mol. The van der Waals surface area contributed by atoms with Gasteiger partial charge in [-0.15, -0.1) is 0 Å². The van der Waals surface area contributed by atoms with Crippen LogP contribution in [0, 0.1) is 6.92 Å². The molecular weight excluding hydrogens is 312 g/mol. The van der Waals surface area contributed by atoms with E-state index < -0.39 is 10.0 Å². The lowest BCUT2D eigenvalue weighted by Gasteiger charge is -2.21. The SMILES string of the molecule is COc1ccc(C)cc1CN1CCc2cc(S(N)(=O)=O)ccc21. The molecule has 0 fully saturated rings. The number of benzene rings is 2. The number of fused-ring (bicyclic) bond motifs is 1. The summed E-state index contributed by atoms with van der Waals surface area (Å²) in [5.41, 5.74) is 4.38. The van der Waals surface area contributed by atoms with Gasteiger partial charge in [-0.25, -0.2) is 13.6 Å². The van der Waals surface area contributed by atoms with Crippen LogP contribution in [-0.4, -0.2) is 22.1 Å². The number of rotatable bonds is 4. The Morgan fingerprint density at radius 2 is 2.00 bits per heavy atom. The molecule has 0 bridgehead atoms. The number of ether oxygens (including phenoxy) is 1. The van der Waals surface area contributed by atoms with Crippen molar-refractivity contribution in [2.45, 2.75) is 24.8 Å². The van der Waals surface area contributed by atoms with E-state index in [0.717, 1.165) is 42.1 Å². The van der Waals surface area contributed by atoms with Crippen molar-refractivity contribution in [2.24, 2.45) is 5.14 Å². The van der Waals surface area contributed by atoms with Crippen LogP contribution in [-0.2, 0) is 23.0 Å². The molecule has 5 nitrogen and oxygen atoms in total. The normalized spacial score (nSPS) is 14.0. The number of sulfonamides is 1. The number of aryl methyl sites for hydroxylation is 1. The average Bonchev–Trinajstić information content (AvgIpc) is 2.89. The summed E-state index contributed by atoms with van der Waals surface area (Å²) >= 11 is 0. The fourth-order valence-corrected chi connectivity index (χ4v) is 3.59. The predicted octanol–water partition coefficient (Wildman–Crippen LogP) is 2.21. The van der Waals surface area contributed by atoms with Gasteiger partial charge < -0.3 is 9.64 Å². The number of methoxy groups -OCH3 is 1. The van der Waals surface area contributed by atoms with E-state index in [9.17, 15) is 8.42 Å². The van der Waals surface area contributed by atoms with Crippen molar-refractivity contribution in [1.29, 1.82) is 0 Å². The first-order valence-corrected chi connectivity index (χ1v) is 8.97. The third kappa shape index (κ3) is 3.18. The Morgan fingerprint density at radius 1 is 1.22 bits per heavy atom. The average molecular weight is 332 g/mol. The Balaban J connectivity index is 1.91. The summed E-state index contributed by atoms with van der Waals surface area (Å²) in [4.78, 5) is 2.41. The maximum absolute atomic E-state index is 11.5. The van der Waals surface area contributed by atoms with Crippen LogP contribution in [0.4, 0.5) is 5.69 Å². The van der Waals surface area contributed by atoms with Crippen LogP contribution in [0.3, 0.4) is 0 Å². The molecule has 2 N–H and O–H groups in total. The van der Waals surface area contributed by atoms with E-state index in [0.29, 0.717) is 0 Å². The third-order valence-corrected chi connectivity index (χ3v) is 5.08. The van der Waals surface area contributed by atoms with Crippen molar-refractivity contribution in [1.82, 2.24) is 0 Å². The minimum Gasteiger partial charge on any atom is -0.496 e. The summed E-state index contributed by atoms with van der Waals surface area (Å²) in [6.45, 7) is 3.63. The molecule has 1 aliphatic heterocycles. The highest BCUT2D eigenvalue weighted by Crippen LogP contribution is 2.32. The van der Waals surface area contributed by atoms with E-state index in [-0.39, 0.29) is 4.90 Å². The molecule has 0 saturated carbocycles. The van der Waals surface area contributed by atoms with Gasteiger partial charge in [0, 0.05) is 24.3 Å². The van der Waals surface area contributed by atoms with Gasteiger partial charge >= 0.3 is 0 Å².